The second-order valence-electron chi connectivity index (χ2n) is 9.04. The molecule has 0 bridgehead atoms. The summed E-state index contributed by atoms with van der Waals surface area (Å²) in [5.41, 5.74) is 0.814. The molecule has 35 heavy (non-hydrogen) atoms. The number of rotatable bonds is 6. The van der Waals surface area contributed by atoms with Crippen LogP contribution in [0.3, 0.4) is 0 Å². The van der Waals surface area contributed by atoms with Gasteiger partial charge in [-0.15, -0.1) is 0 Å². The molecule has 1 saturated heterocycles. The number of piperidine rings is 1. The van der Waals surface area contributed by atoms with Gasteiger partial charge in [0, 0.05) is 49.4 Å². The molecule has 3 aromatic heterocycles. The Morgan fingerprint density at radius 2 is 1.89 bits per heavy atom. The highest BCUT2D eigenvalue weighted by molar-refractivity contribution is 5.98. The van der Waals surface area contributed by atoms with Gasteiger partial charge in [0.2, 0.25) is 5.88 Å². The van der Waals surface area contributed by atoms with Crippen molar-refractivity contribution in [2.75, 3.05) is 13.2 Å². The lowest BCUT2D eigenvalue weighted by molar-refractivity contribution is -0.137. The summed E-state index contributed by atoms with van der Waals surface area (Å²) in [5, 5.41) is 0. The Labute approximate surface area is 200 Å². The molecule has 0 radical (unpaired) electrons. The summed E-state index contributed by atoms with van der Waals surface area (Å²) in [6.45, 7) is 2.72. The zero-order valence-corrected chi connectivity index (χ0v) is 19.1. The molecular formula is C25H24F3N5O2. The van der Waals surface area contributed by atoms with Crippen molar-refractivity contribution in [3.05, 3.63) is 65.9 Å². The number of pyridine rings is 2. The van der Waals surface area contributed by atoms with Gasteiger partial charge in [-0.3, -0.25) is 4.79 Å². The first-order chi connectivity index (χ1) is 16.8. The number of alkyl halides is 3. The number of nitrogens with zero attached hydrogens (tertiary/aromatic N) is 5. The number of hydrogen-bond acceptors (Lipinski definition) is 6. The van der Waals surface area contributed by atoms with E-state index in [1.165, 1.54) is 6.07 Å². The highest BCUT2D eigenvalue weighted by Gasteiger charge is 2.47. The van der Waals surface area contributed by atoms with Crippen molar-refractivity contribution in [1.82, 2.24) is 24.8 Å². The van der Waals surface area contributed by atoms with Crippen LogP contribution in [-0.4, -0.2) is 49.9 Å². The lowest BCUT2D eigenvalue weighted by Gasteiger charge is -2.35. The maximum absolute atomic E-state index is 13.7. The van der Waals surface area contributed by atoms with Gasteiger partial charge < -0.3 is 9.64 Å². The molecule has 3 unspecified atom stereocenters. The average molecular weight is 483 g/mol. The molecule has 0 spiro atoms. The van der Waals surface area contributed by atoms with Crippen LogP contribution in [0.4, 0.5) is 13.2 Å². The molecule has 0 N–H and O–H groups in total. The van der Waals surface area contributed by atoms with E-state index in [-0.39, 0.29) is 24.4 Å². The van der Waals surface area contributed by atoms with Gasteiger partial charge in [0.15, 0.2) is 5.82 Å². The summed E-state index contributed by atoms with van der Waals surface area (Å²) in [4.78, 5) is 32.5. The Hall–Kier alpha value is -3.56. The second-order valence-corrected chi connectivity index (χ2v) is 9.04. The molecule has 7 nitrogen and oxygen atoms in total. The number of aromatic nitrogens is 4. The standard InChI is InChI=1S/C25H24F3N5O2/c1-15-3-5-20(23-29-8-2-9-30-23)22(32-15)24(34)33-14-17-11-16(17)12-19(33)7-10-35-21-6-4-18(13-31-21)25(26,27)28/h2-6,8-9,13,16-17,19H,7,10-12,14H2,1H3. The van der Waals surface area contributed by atoms with Crippen molar-refractivity contribution >= 4 is 5.91 Å². The minimum absolute atomic E-state index is 0.0625. The zero-order valence-electron chi connectivity index (χ0n) is 19.1. The average Bonchev–Trinajstić information content (AvgIpc) is 3.62. The maximum Gasteiger partial charge on any atom is 0.417 e. The van der Waals surface area contributed by atoms with E-state index >= 15 is 0 Å². The number of ether oxygens (including phenoxy) is 1. The Bertz CT molecular complexity index is 1200. The number of hydrogen-bond donors (Lipinski definition) is 0. The van der Waals surface area contributed by atoms with Gasteiger partial charge in [-0.2, -0.15) is 13.2 Å². The molecule has 182 valence electrons. The smallest absolute Gasteiger partial charge is 0.417 e. The van der Waals surface area contributed by atoms with E-state index < -0.39 is 11.7 Å². The first kappa shape index (κ1) is 23.2. The normalized spacial score (nSPS) is 21.4. The molecule has 0 aromatic carbocycles. The third kappa shape index (κ3) is 5.11. The lowest BCUT2D eigenvalue weighted by atomic mass is 9.98. The van der Waals surface area contributed by atoms with Crippen LogP contribution in [0.25, 0.3) is 11.4 Å². The van der Waals surface area contributed by atoms with Crippen LogP contribution in [0.15, 0.2) is 48.9 Å². The summed E-state index contributed by atoms with van der Waals surface area (Å²) in [6.07, 6.45) is 2.07. The van der Waals surface area contributed by atoms with Gasteiger partial charge in [-0.05, 0) is 55.9 Å². The number of carbonyl (C=O) groups excluding carboxylic acids is 1. The van der Waals surface area contributed by atoms with Crippen molar-refractivity contribution in [1.29, 1.82) is 0 Å². The van der Waals surface area contributed by atoms with E-state index in [2.05, 4.69) is 19.9 Å². The molecule has 3 atom stereocenters. The topological polar surface area (TPSA) is 81.1 Å². The van der Waals surface area contributed by atoms with Gasteiger partial charge in [0.1, 0.15) is 5.69 Å². The predicted molar refractivity (Wildman–Crippen MR) is 120 cm³/mol. The van der Waals surface area contributed by atoms with Crippen LogP contribution in [0.5, 0.6) is 5.88 Å². The minimum atomic E-state index is -4.44. The number of amides is 1. The van der Waals surface area contributed by atoms with E-state index in [1.54, 1.807) is 18.5 Å². The fraction of sp³-hybridized carbons (Fsp3) is 0.400. The van der Waals surface area contributed by atoms with Gasteiger partial charge in [0.25, 0.3) is 5.91 Å². The second kappa shape index (κ2) is 9.24. The first-order valence-electron chi connectivity index (χ1n) is 11.5. The van der Waals surface area contributed by atoms with Gasteiger partial charge in [-0.1, -0.05) is 0 Å². The predicted octanol–water partition coefficient (Wildman–Crippen LogP) is 4.58. The van der Waals surface area contributed by atoms with E-state index in [1.807, 2.05) is 24.0 Å². The number of fused-ring (bicyclic) bond motifs is 1. The summed E-state index contributed by atoms with van der Waals surface area (Å²) >= 11 is 0. The molecular weight excluding hydrogens is 459 g/mol. The van der Waals surface area contributed by atoms with Crippen molar-refractivity contribution in [3.63, 3.8) is 0 Å². The number of aryl methyl sites for hydroxylation is 1. The molecule has 1 aliphatic heterocycles. The van der Waals surface area contributed by atoms with Crippen molar-refractivity contribution in [2.24, 2.45) is 11.8 Å². The summed E-state index contributed by atoms with van der Waals surface area (Å²) in [7, 11) is 0. The van der Waals surface area contributed by atoms with Crippen LogP contribution in [0, 0.1) is 18.8 Å². The Balaban J connectivity index is 1.31. The van der Waals surface area contributed by atoms with Crippen molar-refractivity contribution < 1.29 is 22.7 Å². The molecule has 2 fully saturated rings. The zero-order chi connectivity index (χ0) is 24.6. The summed E-state index contributed by atoms with van der Waals surface area (Å²) in [6, 6.07) is 7.47. The minimum Gasteiger partial charge on any atom is -0.478 e. The van der Waals surface area contributed by atoms with Crippen LogP contribution < -0.4 is 4.74 Å². The lowest BCUT2D eigenvalue weighted by Crippen LogP contribution is -2.46. The van der Waals surface area contributed by atoms with E-state index in [9.17, 15) is 18.0 Å². The van der Waals surface area contributed by atoms with Crippen LogP contribution in [-0.2, 0) is 6.18 Å². The van der Waals surface area contributed by atoms with Gasteiger partial charge in [0.05, 0.1) is 17.7 Å². The molecule has 1 saturated carbocycles. The third-order valence-electron chi connectivity index (χ3n) is 6.59. The van der Waals surface area contributed by atoms with E-state index in [0.717, 1.165) is 30.8 Å². The Morgan fingerprint density at radius 3 is 2.60 bits per heavy atom. The van der Waals surface area contributed by atoms with Crippen LogP contribution >= 0.6 is 0 Å². The van der Waals surface area contributed by atoms with Gasteiger partial charge in [-0.25, -0.2) is 19.9 Å². The largest absolute Gasteiger partial charge is 0.478 e. The molecule has 1 aliphatic carbocycles. The van der Waals surface area contributed by atoms with Gasteiger partial charge >= 0.3 is 6.18 Å². The SMILES string of the molecule is Cc1ccc(-c2ncccn2)c(C(=O)N2CC3CC3CC2CCOc2ccc(C(F)(F)F)cn2)n1. The van der Waals surface area contributed by atoms with E-state index in [4.69, 9.17) is 4.74 Å². The number of halogens is 3. The first-order valence-corrected chi connectivity index (χ1v) is 11.5. The van der Waals surface area contributed by atoms with Crippen LogP contribution in [0.2, 0.25) is 0 Å². The molecule has 10 heteroatoms. The Kier molecular flexibility index (Phi) is 6.12. The Morgan fingerprint density at radius 1 is 1.09 bits per heavy atom. The molecule has 1 amide bonds. The maximum atomic E-state index is 13.7. The number of carbonyl (C=O) groups is 1. The summed E-state index contributed by atoms with van der Waals surface area (Å²) in [5.74, 6) is 1.49. The highest BCUT2D eigenvalue weighted by atomic mass is 19.4. The molecule has 2 aliphatic rings. The van der Waals surface area contributed by atoms with Crippen molar-refractivity contribution in [3.8, 4) is 17.3 Å². The molecule has 3 aromatic rings. The fourth-order valence-electron chi connectivity index (χ4n) is 4.63. The summed E-state index contributed by atoms with van der Waals surface area (Å²) < 4.78 is 43.9. The quantitative estimate of drug-likeness (QED) is 0.511. The third-order valence-corrected chi connectivity index (χ3v) is 6.59. The van der Waals surface area contributed by atoms with Crippen molar-refractivity contribution in [2.45, 2.75) is 38.4 Å². The monoisotopic (exact) mass is 483 g/mol. The molecule has 4 heterocycles. The van der Waals surface area contributed by atoms with E-state index in [0.29, 0.717) is 41.9 Å². The van der Waals surface area contributed by atoms with Crippen LogP contribution in [0.1, 0.15) is 41.0 Å². The molecule has 5 rings (SSSR count). The number of likely N-dealkylation sites (tertiary alicyclic amines) is 1. The fourth-order valence-corrected chi connectivity index (χ4v) is 4.63. The highest BCUT2D eigenvalue weighted by Crippen LogP contribution is 2.48.